The number of hydrogen-bond donors (Lipinski definition) is 3. The molecular weight excluding hydrogens is 408 g/mol. The van der Waals surface area contributed by atoms with E-state index in [2.05, 4.69) is 20.6 Å². The number of carbonyl (C=O) groups is 3. The largest absolute Gasteiger partial charge is 0.426 e. The molecule has 0 atom stereocenters. The van der Waals surface area contributed by atoms with Gasteiger partial charge >= 0.3 is 5.97 Å². The summed E-state index contributed by atoms with van der Waals surface area (Å²) < 4.78 is 5.06. The zero-order valence-electron chi connectivity index (χ0n) is 17.5. The van der Waals surface area contributed by atoms with E-state index < -0.39 is 5.97 Å². The van der Waals surface area contributed by atoms with E-state index in [4.69, 9.17) is 4.74 Å². The van der Waals surface area contributed by atoms with Gasteiger partial charge in [0.05, 0.1) is 17.3 Å². The maximum Gasteiger partial charge on any atom is 0.308 e. The van der Waals surface area contributed by atoms with Crippen LogP contribution in [0.3, 0.4) is 0 Å². The van der Waals surface area contributed by atoms with Crippen molar-refractivity contribution in [3.8, 4) is 5.75 Å². The van der Waals surface area contributed by atoms with Crippen molar-refractivity contribution in [2.24, 2.45) is 0 Å². The molecule has 4 rings (SSSR count). The minimum absolute atomic E-state index is 0.213. The van der Waals surface area contributed by atoms with E-state index in [1.807, 2.05) is 24.3 Å². The Balaban J connectivity index is 1.30. The van der Waals surface area contributed by atoms with E-state index in [1.165, 1.54) is 6.92 Å². The first kappa shape index (κ1) is 21.0. The van der Waals surface area contributed by atoms with E-state index >= 15 is 0 Å². The van der Waals surface area contributed by atoms with Crippen LogP contribution in [0.5, 0.6) is 5.75 Å². The zero-order valence-corrected chi connectivity index (χ0v) is 17.5. The van der Waals surface area contributed by atoms with Gasteiger partial charge in [-0.2, -0.15) is 0 Å². The summed E-state index contributed by atoms with van der Waals surface area (Å²) in [6, 6.07) is 16.2. The second kappa shape index (κ2) is 9.30. The van der Waals surface area contributed by atoms with Crippen molar-refractivity contribution in [3.63, 3.8) is 0 Å². The van der Waals surface area contributed by atoms with E-state index in [1.54, 1.807) is 36.5 Å². The highest BCUT2D eigenvalue weighted by atomic mass is 16.5. The molecule has 4 aromatic rings. The number of amides is 2. The molecule has 32 heavy (non-hydrogen) atoms. The molecular formula is C24H22N4O4. The van der Waals surface area contributed by atoms with Crippen LogP contribution in [0.2, 0.25) is 0 Å². The van der Waals surface area contributed by atoms with Crippen LogP contribution in [0.1, 0.15) is 34.2 Å². The van der Waals surface area contributed by atoms with Crippen molar-refractivity contribution in [3.05, 3.63) is 72.1 Å². The monoisotopic (exact) mass is 430 g/mol. The number of nitrogens with zero attached hydrogens (tertiary/aromatic N) is 1. The lowest BCUT2D eigenvalue weighted by atomic mass is 10.1. The highest BCUT2D eigenvalue weighted by Crippen LogP contribution is 2.25. The summed E-state index contributed by atoms with van der Waals surface area (Å²) >= 11 is 0. The Morgan fingerprint density at radius 1 is 0.906 bits per heavy atom. The van der Waals surface area contributed by atoms with Crippen LogP contribution in [0, 0.1) is 0 Å². The Kier molecular flexibility index (Phi) is 6.12. The summed E-state index contributed by atoms with van der Waals surface area (Å²) in [4.78, 5) is 43.6. The number of aromatic nitrogens is 2. The first-order valence-corrected chi connectivity index (χ1v) is 10.2. The normalized spacial score (nSPS) is 10.8. The zero-order chi connectivity index (χ0) is 22.5. The fraction of sp³-hybridized carbons (Fsp3) is 0.167. The van der Waals surface area contributed by atoms with Gasteiger partial charge in [-0.1, -0.05) is 30.3 Å². The third-order valence-corrected chi connectivity index (χ3v) is 4.93. The number of para-hydroxylation sites is 2. The molecule has 162 valence electrons. The third kappa shape index (κ3) is 4.59. The van der Waals surface area contributed by atoms with Crippen LogP contribution < -0.4 is 15.4 Å². The molecule has 0 unspecified atom stereocenters. The average Bonchev–Trinajstić information content (AvgIpc) is 3.16. The first-order chi connectivity index (χ1) is 15.5. The number of H-pyrrole nitrogens is 1. The minimum Gasteiger partial charge on any atom is -0.426 e. The van der Waals surface area contributed by atoms with E-state index in [0.29, 0.717) is 25.2 Å². The summed E-state index contributed by atoms with van der Waals surface area (Å²) in [5, 5.41) is 7.57. The molecule has 0 saturated heterocycles. The molecule has 3 N–H and O–H groups in total. The Morgan fingerprint density at radius 3 is 2.44 bits per heavy atom. The molecule has 0 aliphatic rings. The van der Waals surface area contributed by atoms with Crippen molar-refractivity contribution in [2.75, 3.05) is 13.1 Å². The fourth-order valence-corrected chi connectivity index (χ4v) is 3.45. The average molecular weight is 430 g/mol. The van der Waals surface area contributed by atoms with Gasteiger partial charge in [-0.05, 0) is 30.7 Å². The van der Waals surface area contributed by atoms with Gasteiger partial charge in [0.15, 0.2) is 0 Å². The molecule has 2 aromatic heterocycles. The second-order valence-electron chi connectivity index (χ2n) is 7.24. The maximum absolute atomic E-state index is 12.5. The molecule has 0 bridgehead atoms. The van der Waals surface area contributed by atoms with Crippen molar-refractivity contribution < 1.29 is 19.1 Å². The van der Waals surface area contributed by atoms with Gasteiger partial charge in [0.1, 0.15) is 11.4 Å². The Labute approximate surface area is 184 Å². The van der Waals surface area contributed by atoms with Gasteiger partial charge in [-0.25, -0.2) is 4.98 Å². The van der Waals surface area contributed by atoms with Gasteiger partial charge in [0.2, 0.25) is 0 Å². The van der Waals surface area contributed by atoms with Crippen LogP contribution >= 0.6 is 0 Å². The molecule has 0 aliphatic heterocycles. The van der Waals surface area contributed by atoms with E-state index in [9.17, 15) is 14.4 Å². The van der Waals surface area contributed by atoms with Gasteiger partial charge in [0, 0.05) is 36.3 Å². The summed E-state index contributed by atoms with van der Waals surface area (Å²) in [5.41, 5.74) is 2.48. The Morgan fingerprint density at radius 2 is 1.62 bits per heavy atom. The van der Waals surface area contributed by atoms with Crippen LogP contribution in [0.4, 0.5) is 0 Å². The molecule has 2 amide bonds. The summed E-state index contributed by atoms with van der Waals surface area (Å²) in [6.45, 7) is 2.00. The molecule has 0 radical (unpaired) electrons. The third-order valence-electron chi connectivity index (χ3n) is 4.93. The first-order valence-electron chi connectivity index (χ1n) is 10.2. The summed E-state index contributed by atoms with van der Waals surface area (Å²) in [5.74, 6) is -0.903. The van der Waals surface area contributed by atoms with Crippen molar-refractivity contribution in [1.29, 1.82) is 0 Å². The number of pyridine rings is 1. The maximum atomic E-state index is 12.5. The van der Waals surface area contributed by atoms with Gasteiger partial charge in [-0.15, -0.1) is 0 Å². The van der Waals surface area contributed by atoms with Crippen LogP contribution in [0.15, 0.2) is 60.8 Å². The summed E-state index contributed by atoms with van der Waals surface area (Å²) in [6.07, 6.45) is 2.19. The quantitative estimate of drug-likeness (QED) is 0.237. The highest BCUT2D eigenvalue weighted by molar-refractivity contribution is 6.09. The van der Waals surface area contributed by atoms with E-state index in [0.717, 1.165) is 21.8 Å². The van der Waals surface area contributed by atoms with Crippen LogP contribution in [-0.4, -0.2) is 40.8 Å². The molecule has 0 fully saturated rings. The Hall–Kier alpha value is -4.20. The number of nitrogens with one attached hydrogen (secondary N) is 3. The van der Waals surface area contributed by atoms with E-state index in [-0.39, 0.29) is 23.1 Å². The number of aromatic amines is 1. The fourth-order valence-electron chi connectivity index (χ4n) is 3.45. The van der Waals surface area contributed by atoms with Crippen LogP contribution in [-0.2, 0) is 4.79 Å². The predicted molar refractivity (Wildman–Crippen MR) is 121 cm³/mol. The van der Waals surface area contributed by atoms with Gasteiger partial charge in [-0.3, -0.25) is 14.4 Å². The van der Waals surface area contributed by atoms with Gasteiger partial charge < -0.3 is 20.4 Å². The predicted octanol–water partition coefficient (Wildman–Crippen LogP) is 3.19. The lowest BCUT2D eigenvalue weighted by molar-refractivity contribution is -0.131. The second-order valence-corrected chi connectivity index (χ2v) is 7.24. The molecule has 0 saturated carbocycles. The highest BCUT2D eigenvalue weighted by Gasteiger charge is 2.14. The lowest BCUT2D eigenvalue weighted by Crippen LogP contribution is -2.30. The number of hydrogen-bond acceptors (Lipinski definition) is 5. The minimum atomic E-state index is -0.493. The van der Waals surface area contributed by atoms with Crippen molar-refractivity contribution in [2.45, 2.75) is 13.3 Å². The van der Waals surface area contributed by atoms with Crippen molar-refractivity contribution in [1.82, 2.24) is 20.6 Å². The number of fused-ring (bicyclic) bond motifs is 3. The number of carbonyl (C=O) groups excluding carboxylic acids is 3. The molecule has 0 aliphatic carbocycles. The number of benzene rings is 2. The topological polar surface area (TPSA) is 113 Å². The standard InChI is InChI=1S/C24H22N4O4/c1-15(29)32-22-10-5-3-8-17(22)23(30)25-11-6-12-26-24(31)20-13-18-16-7-2-4-9-19(16)28-21(18)14-27-20/h2-5,7-10,13-14,28H,6,11-12H2,1H3,(H,25,30)(H,26,31). The molecule has 8 heteroatoms. The van der Waals surface area contributed by atoms with Crippen molar-refractivity contribution >= 4 is 39.6 Å². The lowest BCUT2D eigenvalue weighted by Gasteiger charge is -2.10. The smallest absolute Gasteiger partial charge is 0.308 e. The summed E-state index contributed by atoms with van der Waals surface area (Å²) in [7, 11) is 0. The molecule has 0 spiro atoms. The van der Waals surface area contributed by atoms with Gasteiger partial charge in [0.25, 0.3) is 11.8 Å². The Bertz CT molecular complexity index is 1310. The molecule has 2 heterocycles. The molecule has 8 nitrogen and oxygen atoms in total. The number of rotatable bonds is 7. The SMILES string of the molecule is CC(=O)Oc1ccccc1C(=O)NCCCNC(=O)c1cc2c(cn1)[nH]c1ccccc12. The molecule has 2 aromatic carbocycles. The number of ether oxygens (including phenoxy) is 1. The van der Waals surface area contributed by atoms with Crippen LogP contribution in [0.25, 0.3) is 21.8 Å². The number of esters is 1.